The lowest BCUT2D eigenvalue weighted by molar-refractivity contribution is -0.118. The van der Waals surface area contributed by atoms with Crippen molar-refractivity contribution >= 4 is 61.3 Å². The van der Waals surface area contributed by atoms with E-state index >= 15 is 0 Å². The van der Waals surface area contributed by atoms with Crippen molar-refractivity contribution in [3.05, 3.63) is 56.4 Å². The van der Waals surface area contributed by atoms with E-state index < -0.39 is 17.7 Å². The molecule has 1 aromatic carbocycles. The third-order valence-corrected chi connectivity index (χ3v) is 7.13. The molecule has 0 saturated heterocycles. The van der Waals surface area contributed by atoms with E-state index in [4.69, 9.17) is 11.6 Å². The third-order valence-electron chi connectivity index (χ3n) is 4.78. The number of hydrogen-bond donors (Lipinski definition) is 1. The number of anilines is 1. The summed E-state index contributed by atoms with van der Waals surface area (Å²) in [5, 5.41) is 13.6. The molecule has 0 spiro atoms. The van der Waals surface area contributed by atoms with E-state index in [2.05, 4.69) is 4.98 Å². The molecule has 1 atom stereocenters. The van der Waals surface area contributed by atoms with Crippen LogP contribution in [0, 0.1) is 12.8 Å². The Balaban J connectivity index is 1.85. The molecule has 1 aliphatic heterocycles. The summed E-state index contributed by atoms with van der Waals surface area (Å²) >= 11 is 9.01. The van der Waals surface area contributed by atoms with Crippen LogP contribution in [0.3, 0.4) is 0 Å². The SMILES string of the molecule is Cc1cc2sc(N3C(=O)C(O)=C(C(=O)CC(C)C)C3c3cccs3)nc2cc1Cl. The molecule has 1 aliphatic rings. The van der Waals surface area contributed by atoms with Gasteiger partial charge in [-0.05, 0) is 42.0 Å². The molecule has 1 N–H and O–H groups in total. The number of nitrogens with zero attached hydrogens (tertiary/aromatic N) is 2. The Hall–Kier alpha value is -2.22. The predicted molar refractivity (Wildman–Crippen MR) is 118 cm³/mol. The molecule has 1 amide bonds. The second-order valence-electron chi connectivity index (χ2n) is 7.44. The monoisotopic (exact) mass is 446 g/mol. The average molecular weight is 447 g/mol. The number of thiophene rings is 1. The number of carbonyl (C=O) groups is 2. The Morgan fingerprint density at radius 1 is 1.38 bits per heavy atom. The highest BCUT2D eigenvalue weighted by Crippen LogP contribution is 2.45. The zero-order valence-electron chi connectivity index (χ0n) is 16.1. The van der Waals surface area contributed by atoms with Crippen LogP contribution < -0.4 is 4.90 Å². The second-order valence-corrected chi connectivity index (χ2v) is 9.84. The van der Waals surface area contributed by atoms with Gasteiger partial charge in [0.2, 0.25) is 0 Å². The van der Waals surface area contributed by atoms with Gasteiger partial charge in [0.15, 0.2) is 16.7 Å². The number of Topliss-reactive ketones (excluding diaryl/α,β-unsaturated/α-hetero) is 1. The van der Waals surface area contributed by atoms with Gasteiger partial charge in [-0.25, -0.2) is 4.98 Å². The van der Waals surface area contributed by atoms with Crippen molar-refractivity contribution in [2.45, 2.75) is 33.2 Å². The number of aliphatic hydroxyl groups excluding tert-OH is 1. The van der Waals surface area contributed by atoms with Gasteiger partial charge in [0, 0.05) is 16.3 Å². The van der Waals surface area contributed by atoms with Crippen molar-refractivity contribution in [2.75, 3.05) is 4.90 Å². The van der Waals surface area contributed by atoms with Gasteiger partial charge in [0.05, 0.1) is 15.8 Å². The zero-order chi connectivity index (χ0) is 20.9. The maximum atomic E-state index is 13.0. The van der Waals surface area contributed by atoms with Crippen LogP contribution in [0.1, 0.15) is 36.8 Å². The number of thiazole rings is 1. The summed E-state index contributed by atoms with van der Waals surface area (Å²) in [5.41, 5.74) is 1.75. The fourth-order valence-electron chi connectivity index (χ4n) is 3.43. The number of carbonyl (C=O) groups excluding carboxylic acids is 2. The number of halogens is 1. The molecule has 0 saturated carbocycles. The average Bonchev–Trinajstić information content (AvgIpc) is 3.34. The lowest BCUT2D eigenvalue weighted by Crippen LogP contribution is -2.30. The van der Waals surface area contributed by atoms with E-state index in [-0.39, 0.29) is 23.7 Å². The number of benzene rings is 1. The summed E-state index contributed by atoms with van der Waals surface area (Å²) in [5.74, 6) is -1.19. The molecule has 5 nitrogen and oxygen atoms in total. The maximum Gasteiger partial charge on any atom is 0.296 e. The van der Waals surface area contributed by atoms with Crippen molar-refractivity contribution in [1.82, 2.24) is 4.98 Å². The van der Waals surface area contributed by atoms with E-state index in [9.17, 15) is 14.7 Å². The minimum absolute atomic E-state index is 0.114. The van der Waals surface area contributed by atoms with Crippen LogP contribution >= 0.6 is 34.3 Å². The first-order valence-electron chi connectivity index (χ1n) is 9.18. The minimum Gasteiger partial charge on any atom is -0.503 e. The highest BCUT2D eigenvalue weighted by Gasteiger charge is 2.46. The van der Waals surface area contributed by atoms with Crippen LogP contribution in [0.25, 0.3) is 10.2 Å². The Labute approximate surface area is 181 Å². The molecule has 2 aromatic heterocycles. The van der Waals surface area contributed by atoms with Crippen LogP contribution in [0.5, 0.6) is 0 Å². The molecule has 4 rings (SSSR count). The van der Waals surface area contributed by atoms with Crippen molar-refractivity contribution in [2.24, 2.45) is 5.92 Å². The van der Waals surface area contributed by atoms with Crippen LogP contribution in [-0.2, 0) is 9.59 Å². The number of fused-ring (bicyclic) bond motifs is 1. The van der Waals surface area contributed by atoms with E-state index in [1.54, 1.807) is 6.07 Å². The van der Waals surface area contributed by atoms with Gasteiger partial charge in [0.25, 0.3) is 5.91 Å². The summed E-state index contributed by atoms with van der Waals surface area (Å²) < 4.78 is 0.890. The van der Waals surface area contributed by atoms with E-state index in [1.807, 2.05) is 44.4 Å². The maximum absolute atomic E-state index is 13.0. The molecule has 0 bridgehead atoms. The molecule has 29 heavy (non-hydrogen) atoms. The summed E-state index contributed by atoms with van der Waals surface area (Å²) in [6.07, 6.45) is 0.261. The van der Waals surface area contributed by atoms with Crippen LogP contribution in [-0.4, -0.2) is 21.8 Å². The molecular weight excluding hydrogens is 428 g/mol. The molecule has 150 valence electrons. The zero-order valence-corrected chi connectivity index (χ0v) is 18.5. The molecule has 8 heteroatoms. The first kappa shape index (κ1) is 20.1. The normalized spacial score (nSPS) is 17.2. The number of rotatable bonds is 5. The Kier molecular flexibility index (Phi) is 5.23. The van der Waals surface area contributed by atoms with Crippen molar-refractivity contribution in [1.29, 1.82) is 0 Å². The number of aliphatic hydroxyl groups is 1. The highest BCUT2D eigenvalue weighted by atomic mass is 35.5. The number of ketones is 1. The Morgan fingerprint density at radius 3 is 2.79 bits per heavy atom. The molecule has 1 unspecified atom stereocenters. The smallest absolute Gasteiger partial charge is 0.296 e. The minimum atomic E-state index is -0.675. The first-order valence-corrected chi connectivity index (χ1v) is 11.2. The first-order chi connectivity index (χ1) is 13.8. The fraction of sp³-hybridized carbons (Fsp3) is 0.286. The number of aryl methyl sites for hydroxylation is 1. The Bertz CT molecular complexity index is 1110. The lowest BCUT2D eigenvalue weighted by atomic mass is 9.96. The summed E-state index contributed by atoms with van der Waals surface area (Å²) in [4.78, 5) is 32.8. The van der Waals surface area contributed by atoms with Gasteiger partial charge < -0.3 is 5.11 Å². The molecule has 0 radical (unpaired) electrons. The van der Waals surface area contributed by atoms with Gasteiger partial charge in [-0.3, -0.25) is 14.5 Å². The van der Waals surface area contributed by atoms with Gasteiger partial charge in [0.1, 0.15) is 6.04 Å². The number of amides is 1. The quantitative estimate of drug-likeness (QED) is 0.534. The Morgan fingerprint density at radius 2 is 2.14 bits per heavy atom. The van der Waals surface area contributed by atoms with E-state index in [0.717, 1.165) is 15.1 Å². The lowest BCUT2D eigenvalue weighted by Gasteiger charge is -2.23. The second kappa shape index (κ2) is 7.55. The number of aromatic nitrogens is 1. The van der Waals surface area contributed by atoms with Gasteiger partial charge in [-0.2, -0.15) is 0 Å². The molecule has 3 heterocycles. The standard InChI is InChI=1S/C21H19ClN2O3S2/c1-10(2)7-14(25)17-18(15-5-4-6-28-15)24(20(27)19(17)26)21-23-13-9-12(22)11(3)8-16(13)29-21/h4-6,8-10,18,26H,7H2,1-3H3. The molecule has 0 aliphatic carbocycles. The third kappa shape index (κ3) is 3.47. The van der Waals surface area contributed by atoms with E-state index in [1.165, 1.54) is 27.6 Å². The summed E-state index contributed by atoms with van der Waals surface area (Å²) in [7, 11) is 0. The summed E-state index contributed by atoms with van der Waals surface area (Å²) in [6, 6.07) is 6.75. The van der Waals surface area contributed by atoms with Crippen molar-refractivity contribution in [3.63, 3.8) is 0 Å². The largest absolute Gasteiger partial charge is 0.503 e. The molecular formula is C21H19ClN2O3S2. The number of hydrogen-bond acceptors (Lipinski definition) is 6. The van der Waals surface area contributed by atoms with Gasteiger partial charge >= 0.3 is 0 Å². The predicted octanol–water partition coefficient (Wildman–Crippen LogP) is 5.83. The van der Waals surface area contributed by atoms with E-state index in [0.29, 0.717) is 15.7 Å². The van der Waals surface area contributed by atoms with Crippen LogP contribution in [0.2, 0.25) is 5.02 Å². The summed E-state index contributed by atoms with van der Waals surface area (Å²) in [6.45, 7) is 5.78. The van der Waals surface area contributed by atoms with Crippen molar-refractivity contribution < 1.29 is 14.7 Å². The van der Waals surface area contributed by atoms with Gasteiger partial charge in [-0.1, -0.05) is 42.9 Å². The fourth-order valence-corrected chi connectivity index (χ4v) is 5.48. The highest BCUT2D eigenvalue weighted by molar-refractivity contribution is 7.22. The van der Waals surface area contributed by atoms with Crippen LogP contribution in [0.4, 0.5) is 5.13 Å². The topological polar surface area (TPSA) is 70.5 Å². The molecule has 0 fully saturated rings. The molecule has 3 aromatic rings. The van der Waals surface area contributed by atoms with Crippen molar-refractivity contribution in [3.8, 4) is 0 Å². The van der Waals surface area contributed by atoms with Gasteiger partial charge in [-0.15, -0.1) is 11.3 Å². The van der Waals surface area contributed by atoms with Crippen LogP contribution in [0.15, 0.2) is 41.0 Å².